The van der Waals surface area contributed by atoms with Gasteiger partial charge >= 0.3 is 0 Å². The monoisotopic (exact) mass is 362 g/mol. The van der Waals surface area contributed by atoms with E-state index in [0.717, 1.165) is 37.3 Å². The van der Waals surface area contributed by atoms with Gasteiger partial charge in [-0.05, 0) is 49.5 Å². The van der Waals surface area contributed by atoms with Gasteiger partial charge in [0.1, 0.15) is 0 Å². The average molecular weight is 362 g/mol. The molecule has 3 rings (SSSR count). The Balaban J connectivity index is 1.66. The van der Waals surface area contributed by atoms with Crippen molar-refractivity contribution in [2.75, 3.05) is 26.2 Å². The molecule has 2 fully saturated rings. The van der Waals surface area contributed by atoms with Crippen LogP contribution in [0.15, 0.2) is 30.9 Å². The van der Waals surface area contributed by atoms with Gasteiger partial charge < -0.3 is 9.80 Å². The molecule has 4 nitrogen and oxygen atoms in total. The molecule has 2 amide bonds. The van der Waals surface area contributed by atoms with Crippen molar-refractivity contribution in [2.45, 2.75) is 31.6 Å². The molecule has 2 atom stereocenters. The van der Waals surface area contributed by atoms with Crippen LogP contribution in [0.1, 0.15) is 37.2 Å². The minimum atomic E-state index is -0.855. The van der Waals surface area contributed by atoms with Gasteiger partial charge in [-0.15, -0.1) is 0 Å². The number of hydrogen-bond donors (Lipinski definition) is 0. The van der Waals surface area contributed by atoms with Crippen LogP contribution in [0.2, 0.25) is 0 Å². The minimum Gasteiger partial charge on any atom is -0.342 e. The zero-order valence-corrected chi connectivity index (χ0v) is 14.8. The molecule has 2 aliphatic heterocycles. The Labute approximate surface area is 152 Å². The normalized spacial score (nSPS) is 23.6. The third kappa shape index (κ3) is 3.94. The predicted molar refractivity (Wildman–Crippen MR) is 94.4 cm³/mol. The average Bonchev–Trinajstić information content (AvgIpc) is 2.69. The first-order valence-electron chi connectivity index (χ1n) is 9.14. The SMILES string of the molecule is C=CC(=O)N1CCCC(C(=O)N2CCCC(c3ccc(F)c(F)c3)C2)C1. The number of benzene rings is 1. The van der Waals surface area contributed by atoms with Crippen LogP contribution in [0.4, 0.5) is 8.78 Å². The van der Waals surface area contributed by atoms with E-state index in [4.69, 9.17) is 0 Å². The Bertz CT molecular complexity index is 707. The van der Waals surface area contributed by atoms with Crippen LogP contribution in [-0.4, -0.2) is 47.8 Å². The number of halogens is 2. The van der Waals surface area contributed by atoms with Gasteiger partial charge in [0.15, 0.2) is 11.6 Å². The summed E-state index contributed by atoms with van der Waals surface area (Å²) in [6.07, 6.45) is 4.54. The van der Waals surface area contributed by atoms with Crippen molar-refractivity contribution < 1.29 is 18.4 Å². The van der Waals surface area contributed by atoms with Crippen LogP contribution in [0.5, 0.6) is 0 Å². The lowest BCUT2D eigenvalue weighted by atomic mass is 9.89. The summed E-state index contributed by atoms with van der Waals surface area (Å²) in [6, 6.07) is 3.98. The van der Waals surface area contributed by atoms with E-state index in [1.807, 2.05) is 4.90 Å². The zero-order chi connectivity index (χ0) is 18.7. The van der Waals surface area contributed by atoms with Crippen molar-refractivity contribution in [3.8, 4) is 0 Å². The Morgan fingerprint density at radius 3 is 2.50 bits per heavy atom. The summed E-state index contributed by atoms with van der Waals surface area (Å²) in [5.74, 6) is -1.98. The molecule has 1 aromatic rings. The van der Waals surface area contributed by atoms with Gasteiger partial charge in [0.05, 0.1) is 5.92 Å². The second kappa shape index (κ2) is 7.98. The largest absolute Gasteiger partial charge is 0.342 e. The fraction of sp³-hybridized carbons (Fsp3) is 0.500. The van der Waals surface area contributed by atoms with E-state index < -0.39 is 11.6 Å². The smallest absolute Gasteiger partial charge is 0.245 e. The summed E-state index contributed by atoms with van der Waals surface area (Å²) in [5.41, 5.74) is 0.730. The van der Waals surface area contributed by atoms with Crippen molar-refractivity contribution in [3.05, 3.63) is 48.1 Å². The number of amides is 2. The van der Waals surface area contributed by atoms with Crippen molar-refractivity contribution in [1.29, 1.82) is 0 Å². The van der Waals surface area contributed by atoms with Crippen LogP contribution < -0.4 is 0 Å². The van der Waals surface area contributed by atoms with E-state index in [1.165, 1.54) is 12.1 Å². The summed E-state index contributed by atoms with van der Waals surface area (Å²) in [7, 11) is 0. The molecule has 6 heteroatoms. The van der Waals surface area contributed by atoms with Crippen LogP contribution in [-0.2, 0) is 9.59 Å². The first-order chi connectivity index (χ1) is 12.5. The van der Waals surface area contributed by atoms with Gasteiger partial charge in [0.25, 0.3) is 0 Å². The lowest BCUT2D eigenvalue weighted by molar-refractivity contribution is -0.140. The quantitative estimate of drug-likeness (QED) is 0.776. The maximum absolute atomic E-state index is 13.5. The molecule has 140 valence electrons. The molecule has 2 aliphatic rings. The first-order valence-corrected chi connectivity index (χ1v) is 9.14. The van der Waals surface area contributed by atoms with Gasteiger partial charge in [0.2, 0.25) is 11.8 Å². The second-order valence-corrected chi connectivity index (χ2v) is 7.12. The first kappa shape index (κ1) is 18.5. The number of carbonyl (C=O) groups is 2. The number of rotatable bonds is 3. The molecule has 0 N–H and O–H groups in total. The minimum absolute atomic E-state index is 0.0114. The molecule has 26 heavy (non-hydrogen) atoms. The van der Waals surface area contributed by atoms with Gasteiger partial charge in [-0.25, -0.2) is 8.78 Å². The fourth-order valence-electron chi connectivity index (χ4n) is 3.98. The molecule has 2 saturated heterocycles. The van der Waals surface area contributed by atoms with Crippen molar-refractivity contribution in [2.24, 2.45) is 5.92 Å². The second-order valence-electron chi connectivity index (χ2n) is 7.12. The maximum atomic E-state index is 13.5. The number of piperidine rings is 2. The third-order valence-electron chi connectivity index (χ3n) is 5.41. The Morgan fingerprint density at radius 1 is 1.04 bits per heavy atom. The molecule has 1 aromatic carbocycles. The van der Waals surface area contributed by atoms with Gasteiger partial charge in [-0.3, -0.25) is 9.59 Å². The van der Waals surface area contributed by atoms with Crippen LogP contribution >= 0.6 is 0 Å². The molecule has 0 bridgehead atoms. The van der Waals surface area contributed by atoms with Gasteiger partial charge in [0, 0.05) is 32.1 Å². The van der Waals surface area contributed by atoms with Crippen molar-refractivity contribution in [1.82, 2.24) is 9.80 Å². The van der Waals surface area contributed by atoms with Crippen LogP contribution in [0, 0.1) is 17.6 Å². The van der Waals surface area contributed by atoms with Crippen molar-refractivity contribution >= 4 is 11.8 Å². The summed E-state index contributed by atoms with van der Waals surface area (Å²) in [6.45, 7) is 5.78. The molecule has 2 unspecified atom stereocenters. The number of likely N-dealkylation sites (tertiary alicyclic amines) is 2. The topological polar surface area (TPSA) is 40.6 Å². The molecule has 0 aliphatic carbocycles. The predicted octanol–water partition coefficient (Wildman–Crippen LogP) is 3.10. The lowest BCUT2D eigenvalue weighted by Gasteiger charge is -2.38. The van der Waals surface area contributed by atoms with Crippen LogP contribution in [0.3, 0.4) is 0 Å². The standard InChI is InChI=1S/C20H24F2N2O2/c1-2-19(25)23-9-4-6-16(13-23)20(26)24-10-3-5-15(12-24)14-7-8-17(21)18(22)11-14/h2,7-8,11,15-16H,1,3-6,9-10,12-13H2. The zero-order valence-electron chi connectivity index (χ0n) is 14.8. The van der Waals surface area contributed by atoms with Crippen molar-refractivity contribution in [3.63, 3.8) is 0 Å². The van der Waals surface area contributed by atoms with Gasteiger partial charge in [-0.1, -0.05) is 12.6 Å². The van der Waals surface area contributed by atoms with E-state index in [1.54, 1.807) is 11.0 Å². The molecule has 0 aromatic heterocycles. The highest BCUT2D eigenvalue weighted by Crippen LogP contribution is 2.30. The van der Waals surface area contributed by atoms with E-state index in [9.17, 15) is 18.4 Å². The Hall–Kier alpha value is -2.24. The molecular formula is C20H24F2N2O2. The maximum Gasteiger partial charge on any atom is 0.245 e. The molecule has 0 spiro atoms. The highest BCUT2D eigenvalue weighted by atomic mass is 19.2. The summed E-state index contributed by atoms with van der Waals surface area (Å²) in [4.78, 5) is 28.3. The van der Waals surface area contributed by atoms with Gasteiger partial charge in [-0.2, -0.15) is 0 Å². The fourth-order valence-corrected chi connectivity index (χ4v) is 3.98. The summed E-state index contributed by atoms with van der Waals surface area (Å²) < 4.78 is 26.7. The Kier molecular flexibility index (Phi) is 5.69. The summed E-state index contributed by atoms with van der Waals surface area (Å²) >= 11 is 0. The highest BCUT2D eigenvalue weighted by molar-refractivity contribution is 5.88. The number of nitrogens with zero attached hydrogens (tertiary/aromatic N) is 2. The number of carbonyl (C=O) groups excluding carboxylic acids is 2. The Morgan fingerprint density at radius 2 is 1.77 bits per heavy atom. The van der Waals surface area contributed by atoms with E-state index >= 15 is 0 Å². The molecular weight excluding hydrogens is 338 g/mol. The number of hydrogen-bond acceptors (Lipinski definition) is 2. The van der Waals surface area contributed by atoms with Crippen LogP contribution in [0.25, 0.3) is 0 Å². The van der Waals surface area contributed by atoms with E-state index in [-0.39, 0.29) is 23.7 Å². The summed E-state index contributed by atoms with van der Waals surface area (Å²) in [5, 5.41) is 0. The molecule has 2 heterocycles. The molecule has 0 radical (unpaired) electrons. The lowest BCUT2D eigenvalue weighted by Crippen LogP contribution is -2.48. The highest BCUT2D eigenvalue weighted by Gasteiger charge is 2.33. The van der Waals surface area contributed by atoms with E-state index in [2.05, 4.69) is 6.58 Å². The van der Waals surface area contributed by atoms with E-state index in [0.29, 0.717) is 26.2 Å². The molecule has 0 saturated carbocycles. The third-order valence-corrected chi connectivity index (χ3v) is 5.41.